The highest BCUT2D eigenvalue weighted by Gasteiger charge is 2.21. The fourth-order valence-corrected chi connectivity index (χ4v) is 3.61. The molecule has 33 heavy (non-hydrogen) atoms. The molecule has 3 amide bonds. The van der Waals surface area contributed by atoms with Crippen molar-refractivity contribution in [3.05, 3.63) is 42.2 Å². The summed E-state index contributed by atoms with van der Waals surface area (Å²) >= 11 is 0. The minimum Gasteiger partial charge on any atom is -0.451 e. The Morgan fingerprint density at radius 1 is 1.24 bits per heavy atom. The highest BCUT2D eigenvalue weighted by atomic mass is 31.1. The summed E-state index contributed by atoms with van der Waals surface area (Å²) in [5.41, 5.74) is 0.654. The first-order chi connectivity index (χ1) is 15.8. The van der Waals surface area contributed by atoms with E-state index in [9.17, 15) is 24.2 Å². The van der Waals surface area contributed by atoms with Crippen LogP contribution in [0.25, 0.3) is 11.3 Å². The van der Waals surface area contributed by atoms with Crippen molar-refractivity contribution in [1.82, 2.24) is 15.7 Å². The van der Waals surface area contributed by atoms with E-state index in [-0.39, 0.29) is 31.3 Å². The summed E-state index contributed by atoms with van der Waals surface area (Å²) in [5.74, 6) is -0.567. The standard InChI is InChI=1S/C22H30N3O7P/c1-3-4-5-7-17(13-25(29)15-26)21(27)23-14-24-22(28)20-11-10-19(31-20)16-8-6-9-18(12-16)32-33(2)30/h6,8-12,15,17,29,33H,3-5,7,13-14H2,1-2H3,(H,23,27)(H,24,28). The van der Waals surface area contributed by atoms with Crippen LogP contribution in [0.3, 0.4) is 0 Å². The van der Waals surface area contributed by atoms with E-state index < -0.39 is 19.9 Å². The van der Waals surface area contributed by atoms with Gasteiger partial charge in [0.2, 0.25) is 20.3 Å². The first kappa shape index (κ1) is 26.2. The third-order valence-corrected chi connectivity index (χ3v) is 5.30. The van der Waals surface area contributed by atoms with Gasteiger partial charge in [0.25, 0.3) is 5.91 Å². The van der Waals surface area contributed by atoms with E-state index in [1.165, 1.54) is 12.7 Å². The summed E-state index contributed by atoms with van der Waals surface area (Å²) in [5, 5.41) is 15.0. The van der Waals surface area contributed by atoms with Crippen LogP contribution in [0.1, 0.15) is 43.2 Å². The predicted octanol–water partition coefficient (Wildman–Crippen LogP) is 3.28. The molecule has 0 bridgehead atoms. The number of hydrogen-bond acceptors (Lipinski definition) is 7. The highest BCUT2D eigenvalue weighted by Crippen LogP contribution is 2.29. The molecule has 10 nitrogen and oxygen atoms in total. The monoisotopic (exact) mass is 479 g/mol. The van der Waals surface area contributed by atoms with E-state index >= 15 is 0 Å². The van der Waals surface area contributed by atoms with E-state index in [1.807, 2.05) is 6.92 Å². The molecule has 2 rings (SSSR count). The van der Waals surface area contributed by atoms with Crippen LogP contribution in [-0.4, -0.2) is 48.4 Å². The van der Waals surface area contributed by atoms with Crippen molar-refractivity contribution in [3.8, 4) is 17.1 Å². The smallest absolute Gasteiger partial charge is 0.288 e. The van der Waals surface area contributed by atoms with Gasteiger partial charge in [-0.2, -0.15) is 0 Å². The second kappa shape index (κ2) is 13.4. The number of unbranched alkanes of at least 4 members (excludes halogenated alkanes) is 2. The Hall–Kier alpha value is -3.10. The zero-order valence-corrected chi connectivity index (χ0v) is 19.7. The van der Waals surface area contributed by atoms with Gasteiger partial charge in [-0.25, -0.2) is 5.06 Å². The number of furan rings is 1. The maximum atomic E-state index is 12.4. The van der Waals surface area contributed by atoms with Crippen molar-refractivity contribution >= 4 is 26.3 Å². The van der Waals surface area contributed by atoms with Gasteiger partial charge in [0.1, 0.15) is 11.5 Å². The second-order valence-electron chi connectivity index (χ2n) is 7.43. The number of rotatable bonds is 14. The van der Waals surface area contributed by atoms with E-state index in [1.54, 1.807) is 30.3 Å². The molecule has 0 spiro atoms. The highest BCUT2D eigenvalue weighted by molar-refractivity contribution is 7.38. The van der Waals surface area contributed by atoms with Crippen LogP contribution in [0.15, 0.2) is 40.8 Å². The van der Waals surface area contributed by atoms with E-state index in [2.05, 4.69) is 10.6 Å². The average Bonchev–Trinajstić information content (AvgIpc) is 3.28. The van der Waals surface area contributed by atoms with E-state index in [0.717, 1.165) is 19.3 Å². The molecular weight excluding hydrogens is 449 g/mol. The molecule has 11 heteroatoms. The number of nitrogens with one attached hydrogen (secondary N) is 2. The summed E-state index contributed by atoms with van der Waals surface area (Å²) in [7, 11) is -2.14. The van der Waals surface area contributed by atoms with Gasteiger partial charge < -0.3 is 19.6 Å². The third kappa shape index (κ3) is 8.75. The lowest BCUT2D eigenvalue weighted by Gasteiger charge is -2.19. The zero-order valence-electron chi connectivity index (χ0n) is 18.7. The fraction of sp³-hybridized carbons (Fsp3) is 0.409. The fourth-order valence-electron chi connectivity index (χ4n) is 3.15. The lowest BCUT2D eigenvalue weighted by atomic mass is 10.0. The van der Waals surface area contributed by atoms with Crippen LogP contribution >= 0.6 is 8.03 Å². The van der Waals surface area contributed by atoms with Gasteiger partial charge in [-0.15, -0.1) is 0 Å². The van der Waals surface area contributed by atoms with Crippen molar-refractivity contribution < 1.29 is 33.1 Å². The Kier molecular flexibility index (Phi) is 10.7. The first-order valence-electron chi connectivity index (χ1n) is 10.7. The quantitative estimate of drug-likeness (QED) is 0.0944. The minimum absolute atomic E-state index is 0.0524. The molecule has 1 aromatic heterocycles. The Morgan fingerprint density at radius 2 is 2.03 bits per heavy atom. The summed E-state index contributed by atoms with van der Waals surface area (Å²) in [4.78, 5) is 35.5. The third-order valence-electron chi connectivity index (χ3n) is 4.78. The number of hydroxylamine groups is 2. The number of carbonyl (C=O) groups is 3. The number of nitrogens with zero attached hydrogens (tertiary/aromatic N) is 1. The lowest BCUT2D eigenvalue weighted by molar-refractivity contribution is -0.154. The molecule has 1 aromatic carbocycles. The molecule has 0 fully saturated rings. The van der Waals surface area contributed by atoms with Crippen LogP contribution in [0.5, 0.6) is 5.75 Å². The predicted molar refractivity (Wildman–Crippen MR) is 122 cm³/mol. The topological polar surface area (TPSA) is 138 Å². The molecule has 180 valence electrons. The SMILES string of the molecule is CCCCCC(CN(O)C=O)C(=O)NCNC(=O)c1ccc(-c2cccc(O[PH](C)=O)c2)o1. The van der Waals surface area contributed by atoms with Crippen molar-refractivity contribution in [2.24, 2.45) is 5.92 Å². The Labute approximate surface area is 193 Å². The van der Waals surface area contributed by atoms with Gasteiger partial charge in [0, 0.05) is 12.2 Å². The van der Waals surface area contributed by atoms with Crippen LogP contribution in [-0.2, 0) is 14.2 Å². The molecule has 2 unspecified atom stereocenters. The van der Waals surface area contributed by atoms with Crippen LogP contribution < -0.4 is 15.2 Å². The molecule has 0 saturated carbocycles. The zero-order chi connectivity index (χ0) is 24.2. The van der Waals surface area contributed by atoms with Gasteiger partial charge in [-0.05, 0) is 30.7 Å². The van der Waals surface area contributed by atoms with Crippen LogP contribution in [0, 0.1) is 5.92 Å². The maximum Gasteiger partial charge on any atom is 0.288 e. The average molecular weight is 479 g/mol. The molecule has 2 aromatic rings. The van der Waals surface area contributed by atoms with Crippen LogP contribution in [0.2, 0.25) is 0 Å². The molecule has 0 aliphatic carbocycles. The summed E-state index contributed by atoms with van der Waals surface area (Å²) < 4.78 is 22.1. The van der Waals surface area contributed by atoms with Crippen molar-refractivity contribution in [2.75, 3.05) is 19.9 Å². The normalized spacial score (nSPS) is 12.5. The van der Waals surface area contributed by atoms with Crippen molar-refractivity contribution in [2.45, 2.75) is 32.6 Å². The Morgan fingerprint density at radius 3 is 2.73 bits per heavy atom. The van der Waals surface area contributed by atoms with Gasteiger partial charge in [-0.1, -0.05) is 38.3 Å². The molecule has 1 heterocycles. The number of amides is 3. The Balaban J connectivity index is 1.91. The Bertz CT molecular complexity index is 963. The molecular formula is C22H30N3O7P. The second-order valence-corrected chi connectivity index (χ2v) is 8.62. The summed E-state index contributed by atoms with van der Waals surface area (Å²) in [6, 6.07) is 9.96. The van der Waals surface area contributed by atoms with Crippen molar-refractivity contribution in [1.29, 1.82) is 0 Å². The lowest BCUT2D eigenvalue weighted by Crippen LogP contribution is -2.42. The summed E-state index contributed by atoms with van der Waals surface area (Å²) in [6.45, 7) is 3.26. The largest absolute Gasteiger partial charge is 0.451 e. The van der Waals surface area contributed by atoms with Gasteiger partial charge >= 0.3 is 0 Å². The van der Waals surface area contributed by atoms with E-state index in [0.29, 0.717) is 28.6 Å². The molecule has 0 aliphatic heterocycles. The van der Waals surface area contributed by atoms with Gasteiger partial charge in [-0.3, -0.25) is 24.2 Å². The molecule has 0 radical (unpaired) electrons. The number of carbonyl (C=O) groups excluding carboxylic acids is 3. The van der Waals surface area contributed by atoms with Gasteiger partial charge in [0.15, 0.2) is 5.76 Å². The minimum atomic E-state index is -2.14. The molecule has 0 aliphatic rings. The number of benzene rings is 1. The first-order valence-corrected chi connectivity index (χ1v) is 12.5. The molecule has 0 saturated heterocycles. The van der Waals surface area contributed by atoms with Gasteiger partial charge in [0.05, 0.1) is 19.1 Å². The molecule has 2 atom stereocenters. The maximum absolute atomic E-state index is 12.4. The molecule has 3 N–H and O–H groups in total. The van der Waals surface area contributed by atoms with Crippen molar-refractivity contribution in [3.63, 3.8) is 0 Å². The summed E-state index contributed by atoms with van der Waals surface area (Å²) in [6.07, 6.45) is 3.45. The van der Waals surface area contributed by atoms with Crippen LogP contribution in [0.4, 0.5) is 0 Å². The van der Waals surface area contributed by atoms with E-state index in [4.69, 9.17) is 8.94 Å². The number of hydrogen-bond donors (Lipinski definition) is 3.